The number of ether oxygens (including phenoxy) is 1. The maximum absolute atomic E-state index is 5.48. The van der Waals surface area contributed by atoms with E-state index in [1.54, 1.807) is 0 Å². The molecule has 3 rings (SSSR count). The van der Waals surface area contributed by atoms with Crippen LogP contribution in [0.25, 0.3) is 0 Å². The highest BCUT2D eigenvalue weighted by molar-refractivity contribution is 9.10. The average Bonchev–Trinajstić information content (AvgIpc) is 2.65. The number of hydrazone groups is 1. The third-order valence-electron chi connectivity index (χ3n) is 3.77. The molecule has 1 saturated heterocycles. The zero-order valence-electron chi connectivity index (χ0n) is 10.6. The lowest BCUT2D eigenvalue weighted by atomic mass is 9.75. The van der Waals surface area contributed by atoms with Crippen molar-refractivity contribution in [1.29, 1.82) is 0 Å². The number of halogens is 1. The third-order valence-corrected chi connectivity index (χ3v) is 4.73. The van der Waals surface area contributed by atoms with Gasteiger partial charge in [0.1, 0.15) is 5.84 Å². The quantitative estimate of drug-likeness (QED) is 0.827. The minimum atomic E-state index is -0.0319. The molecule has 4 nitrogen and oxygen atoms in total. The lowest BCUT2D eigenvalue weighted by Crippen LogP contribution is -2.50. The van der Waals surface area contributed by atoms with Crippen LogP contribution in [0.1, 0.15) is 12.0 Å². The Kier molecular flexibility index (Phi) is 3.49. The zero-order valence-corrected chi connectivity index (χ0v) is 13.1. The van der Waals surface area contributed by atoms with Crippen molar-refractivity contribution in [1.82, 2.24) is 10.3 Å². The molecule has 102 valence electrons. The predicted octanol–water partition coefficient (Wildman–Crippen LogP) is 2.17. The van der Waals surface area contributed by atoms with Gasteiger partial charge >= 0.3 is 0 Å². The molecule has 1 atom stereocenters. The van der Waals surface area contributed by atoms with E-state index >= 15 is 0 Å². The maximum atomic E-state index is 5.48. The van der Waals surface area contributed by atoms with Gasteiger partial charge in [-0.05, 0) is 17.7 Å². The molecule has 19 heavy (non-hydrogen) atoms. The first-order valence-corrected chi connectivity index (χ1v) is 7.48. The number of benzene rings is 1. The summed E-state index contributed by atoms with van der Waals surface area (Å²) in [5, 5.41) is 4.36. The summed E-state index contributed by atoms with van der Waals surface area (Å²) in [6.45, 7) is 1.49. The van der Waals surface area contributed by atoms with Gasteiger partial charge in [-0.3, -0.25) is 5.43 Å². The summed E-state index contributed by atoms with van der Waals surface area (Å²) in [7, 11) is 2.00. The summed E-state index contributed by atoms with van der Waals surface area (Å²) in [6, 6.07) is 8.44. The van der Waals surface area contributed by atoms with Crippen LogP contribution in [-0.2, 0) is 10.2 Å². The summed E-state index contributed by atoms with van der Waals surface area (Å²) < 4.78 is 6.58. The van der Waals surface area contributed by atoms with E-state index in [1.165, 1.54) is 5.56 Å². The Morgan fingerprint density at radius 1 is 1.58 bits per heavy atom. The van der Waals surface area contributed by atoms with Crippen molar-refractivity contribution >= 4 is 34.4 Å². The molecule has 0 aliphatic carbocycles. The van der Waals surface area contributed by atoms with Crippen molar-refractivity contribution in [3.63, 3.8) is 0 Å². The standard InChI is InChI=1S/C13H16BrN3OS/c1-17-11(15-16-12(17)19)6-13(7-18-8-13)9-3-2-4-10(14)5-9/h2-5,12,16,19H,6-8H2,1H3. The van der Waals surface area contributed by atoms with Gasteiger partial charge in [-0.2, -0.15) is 5.10 Å². The summed E-state index contributed by atoms with van der Waals surface area (Å²) in [4.78, 5) is 2.06. The molecule has 2 aliphatic heterocycles. The van der Waals surface area contributed by atoms with E-state index in [0.29, 0.717) is 0 Å². The van der Waals surface area contributed by atoms with E-state index < -0.39 is 0 Å². The van der Waals surface area contributed by atoms with Crippen LogP contribution in [0, 0.1) is 0 Å². The second-order valence-electron chi connectivity index (χ2n) is 5.10. The van der Waals surface area contributed by atoms with Gasteiger partial charge in [0.15, 0.2) is 5.50 Å². The Bertz CT molecular complexity index is 518. The first-order valence-electron chi connectivity index (χ1n) is 6.18. The highest BCUT2D eigenvalue weighted by Crippen LogP contribution is 2.38. The number of hydrogen-bond acceptors (Lipinski definition) is 5. The van der Waals surface area contributed by atoms with Crippen LogP contribution in [0.3, 0.4) is 0 Å². The van der Waals surface area contributed by atoms with Crippen molar-refractivity contribution in [3.8, 4) is 0 Å². The summed E-state index contributed by atoms with van der Waals surface area (Å²) >= 11 is 7.94. The van der Waals surface area contributed by atoms with Crippen molar-refractivity contribution in [3.05, 3.63) is 34.3 Å². The topological polar surface area (TPSA) is 36.9 Å². The number of rotatable bonds is 3. The Labute approximate surface area is 126 Å². The van der Waals surface area contributed by atoms with Gasteiger partial charge in [-0.1, -0.05) is 28.1 Å². The number of amidine groups is 1. The summed E-state index contributed by atoms with van der Waals surface area (Å²) in [5.41, 5.74) is 4.29. The van der Waals surface area contributed by atoms with Crippen LogP contribution >= 0.6 is 28.6 Å². The van der Waals surface area contributed by atoms with E-state index in [1.807, 2.05) is 13.1 Å². The highest BCUT2D eigenvalue weighted by Gasteiger charge is 2.43. The molecule has 0 amide bonds. The fourth-order valence-corrected chi connectivity index (χ4v) is 3.03. The Hall–Kier alpha value is -0.720. The van der Waals surface area contributed by atoms with E-state index in [0.717, 1.165) is 29.9 Å². The van der Waals surface area contributed by atoms with Crippen LogP contribution in [0.15, 0.2) is 33.8 Å². The summed E-state index contributed by atoms with van der Waals surface area (Å²) in [5.74, 6) is 1.03. The normalized spacial score (nSPS) is 24.7. The van der Waals surface area contributed by atoms with Gasteiger partial charge in [-0.25, -0.2) is 0 Å². The fraction of sp³-hybridized carbons (Fsp3) is 0.462. The molecule has 0 aromatic heterocycles. The lowest BCUT2D eigenvalue weighted by molar-refractivity contribution is -0.0572. The van der Waals surface area contributed by atoms with Gasteiger partial charge in [0.05, 0.1) is 13.2 Å². The Balaban J connectivity index is 1.84. The molecule has 0 radical (unpaired) electrons. The van der Waals surface area contributed by atoms with Crippen molar-refractivity contribution in [2.24, 2.45) is 5.10 Å². The summed E-state index contributed by atoms with van der Waals surface area (Å²) in [6.07, 6.45) is 0.865. The molecule has 1 fully saturated rings. The third kappa shape index (κ3) is 2.37. The van der Waals surface area contributed by atoms with Crippen LogP contribution in [0.4, 0.5) is 0 Å². The van der Waals surface area contributed by atoms with Crippen molar-refractivity contribution in [2.75, 3.05) is 20.3 Å². The molecule has 0 bridgehead atoms. The maximum Gasteiger partial charge on any atom is 0.161 e. The number of thiol groups is 1. The second-order valence-corrected chi connectivity index (χ2v) is 6.51. The average molecular weight is 342 g/mol. The monoisotopic (exact) mass is 341 g/mol. The smallest absolute Gasteiger partial charge is 0.161 e. The minimum Gasteiger partial charge on any atom is -0.379 e. The van der Waals surface area contributed by atoms with Crippen molar-refractivity contribution < 1.29 is 4.74 Å². The SMILES string of the molecule is CN1C(CC2(c3cccc(Br)c3)COC2)=NNC1S. The van der Waals surface area contributed by atoms with Gasteiger partial charge < -0.3 is 9.64 Å². The molecular formula is C13H16BrN3OS. The number of nitrogens with zero attached hydrogens (tertiary/aromatic N) is 2. The molecule has 2 aliphatic rings. The predicted molar refractivity (Wildman–Crippen MR) is 82.4 cm³/mol. The van der Waals surface area contributed by atoms with E-state index in [-0.39, 0.29) is 10.9 Å². The molecule has 0 saturated carbocycles. The van der Waals surface area contributed by atoms with Crippen molar-refractivity contribution in [2.45, 2.75) is 17.3 Å². The fourth-order valence-electron chi connectivity index (χ4n) is 2.44. The van der Waals surface area contributed by atoms with Crippen LogP contribution in [-0.4, -0.2) is 36.5 Å². The van der Waals surface area contributed by atoms with Crippen LogP contribution in [0.2, 0.25) is 0 Å². The van der Waals surface area contributed by atoms with Gasteiger partial charge in [-0.15, -0.1) is 12.6 Å². The van der Waals surface area contributed by atoms with Gasteiger partial charge in [0.25, 0.3) is 0 Å². The molecular weight excluding hydrogens is 326 g/mol. The molecule has 2 heterocycles. The van der Waals surface area contributed by atoms with E-state index in [2.05, 4.69) is 62.2 Å². The van der Waals surface area contributed by atoms with E-state index in [4.69, 9.17) is 4.74 Å². The van der Waals surface area contributed by atoms with Gasteiger partial charge in [0, 0.05) is 23.4 Å². The molecule has 1 aromatic carbocycles. The first-order chi connectivity index (χ1) is 9.11. The molecule has 1 unspecified atom stereocenters. The lowest BCUT2D eigenvalue weighted by Gasteiger charge is -2.42. The van der Waals surface area contributed by atoms with Crippen LogP contribution in [0.5, 0.6) is 0 Å². The molecule has 1 aromatic rings. The molecule has 6 heteroatoms. The zero-order chi connectivity index (χ0) is 13.5. The Morgan fingerprint density at radius 2 is 2.37 bits per heavy atom. The minimum absolute atomic E-state index is 0.0319. The number of nitrogens with one attached hydrogen (secondary N) is 1. The van der Waals surface area contributed by atoms with E-state index in [9.17, 15) is 0 Å². The highest BCUT2D eigenvalue weighted by atomic mass is 79.9. The largest absolute Gasteiger partial charge is 0.379 e. The first kappa shape index (κ1) is 13.3. The molecule has 1 N–H and O–H groups in total. The van der Waals surface area contributed by atoms with Gasteiger partial charge in [0.2, 0.25) is 0 Å². The number of hydrogen-bond donors (Lipinski definition) is 2. The second kappa shape index (κ2) is 5.00. The van der Waals surface area contributed by atoms with Crippen LogP contribution < -0.4 is 5.43 Å². The Morgan fingerprint density at radius 3 is 2.89 bits per heavy atom. The molecule has 0 spiro atoms.